The second-order valence-corrected chi connectivity index (χ2v) is 6.24. The largest absolute Gasteiger partial charge is 0.478 e. The molecule has 23 heavy (non-hydrogen) atoms. The van der Waals surface area contributed by atoms with Gasteiger partial charge in [-0.15, -0.1) is 0 Å². The molecule has 0 radical (unpaired) electrons. The van der Waals surface area contributed by atoms with Crippen molar-refractivity contribution in [3.05, 3.63) is 41.7 Å². The van der Waals surface area contributed by atoms with Crippen LogP contribution in [0.15, 0.2) is 35.5 Å². The number of nitrogens with one attached hydrogen (secondary N) is 1. The van der Waals surface area contributed by atoms with E-state index < -0.39 is 39.0 Å². The van der Waals surface area contributed by atoms with Gasteiger partial charge in [0.15, 0.2) is 0 Å². The van der Waals surface area contributed by atoms with E-state index in [1.165, 1.54) is 11.7 Å². The van der Waals surface area contributed by atoms with E-state index in [2.05, 4.69) is 5.10 Å². The summed E-state index contributed by atoms with van der Waals surface area (Å²) in [6.07, 6.45) is -2.66. The molecular formula is C12H10F3N3O4S. The van der Waals surface area contributed by atoms with Crippen molar-refractivity contribution in [3.8, 4) is 0 Å². The lowest BCUT2D eigenvalue weighted by atomic mass is 10.1. The van der Waals surface area contributed by atoms with Crippen molar-refractivity contribution in [3.63, 3.8) is 0 Å². The fourth-order valence-corrected chi connectivity index (χ4v) is 2.75. The van der Waals surface area contributed by atoms with Gasteiger partial charge in [-0.3, -0.25) is 9.40 Å². The summed E-state index contributed by atoms with van der Waals surface area (Å²) >= 11 is 0. The zero-order valence-corrected chi connectivity index (χ0v) is 12.3. The summed E-state index contributed by atoms with van der Waals surface area (Å²) in [5.41, 5.74) is -2.48. The summed E-state index contributed by atoms with van der Waals surface area (Å²) in [6.45, 7) is 0. The minimum absolute atomic E-state index is 0.269. The fourth-order valence-electron chi connectivity index (χ4n) is 1.73. The molecule has 2 rings (SSSR count). The van der Waals surface area contributed by atoms with E-state index in [1.807, 2.05) is 4.72 Å². The molecule has 2 N–H and O–H groups in total. The first-order valence-corrected chi connectivity index (χ1v) is 7.44. The van der Waals surface area contributed by atoms with Crippen molar-refractivity contribution in [2.24, 2.45) is 7.05 Å². The third kappa shape index (κ3) is 3.80. The van der Waals surface area contributed by atoms with Crippen LogP contribution in [0.3, 0.4) is 0 Å². The SMILES string of the molecule is Cn1cc(S(=O)(=O)Nc2cc(C(=O)O)cc(C(F)(F)F)c2)cn1. The van der Waals surface area contributed by atoms with Gasteiger partial charge in [-0.05, 0) is 18.2 Å². The molecule has 124 valence electrons. The Morgan fingerprint density at radius 2 is 1.96 bits per heavy atom. The molecule has 0 aliphatic carbocycles. The molecule has 0 saturated heterocycles. The Labute approximate surface area is 128 Å². The number of halogens is 3. The Morgan fingerprint density at radius 3 is 2.43 bits per heavy atom. The van der Waals surface area contributed by atoms with Gasteiger partial charge in [-0.1, -0.05) is 0 Å². The van der Waals surface area contributed by atoms with E-state index in [1.54, 1.807) is 0 Å². The molecule has 0 saturated carbocycles. The maximum atomic E-state index is 12.8. The molecule has 1 aromatic carbocycles. The van der Waals surface area contributed by atoms with Crippen molar-refractivity contribution < 1.29 is 31.5 Å². The van der Waals surface area contributed by atoms with Crippen LogP contribution in [0.2, 0.25) is 0 Å². The summed E-state index contributed by atoms with van der Waals surface area (Å²) in [6, 6.07) is 1.73. The molecule has 1 aromatic heterocycles. The zero-order chi connectivity index (χ0) is 17.4. The van der Waals surface area contributed by atoms with E-state index >= 15 is 0 Å². The van der Waals surface area contributed by atoms with Gasteiger partial charge in [0.05, 0.1) is 23.0 Å². The van der Waals surface area contributed by atoms with Gasteiger partial charge >= 0.3 is 12.1 Å². The van der Waals surface area contributed by atoms with Gasteiger partial charge in [0, 0.05) is 13.2 Å². The third-order valence-corrected chi connectivity index (χ3v) is 4.09. The van der Waals surface area contributed by atoms with Crippen LogP contribution in [0.25, 0.3) is 0 Å². The smallest absolute Gasteiger partial charge is 0.416 e. The highest BCUT2D eigenvalue weighted by Crippen LogP contribution is 2.32. The first-order valence-electron chi connectivity index (χ1n) is 5.96. The second kappa shape index (κ2) is 5.57. The normalized spacial score (nSPS) is 12.2. The number of carbonyl (C=O) groups is 1. The number of alkyl halides is 3. The van der Waals surface area contributed by atoms with Gasteiger partial charge in [-0.25, -0.2) is 13.2 Å². The Morgan fingerprint density at radius 1 is 1.30 bits per heavy atom. The lowest BCUT2D eigenvalue weighted by Gasteiger charge is -2.12. The summed E-state index contributed by atoms with van der Waals surface area (Å²) in [4.78, 5) is 10.6. The molecule has 0 fully saturated rings. The van der Waals surface area contributed by atoms with Gasteiger partial charge in [0.1, 0.15) is 4.90 Å². The number of nitrogens with zero attached hydrogens (tertiary/aromatic N) is 2. The summed E-state index contributed by atoms with van der Waals surface area (Å²) in [5.74, 6) is -1.61. The van der Waals surface area contributed by atoms with Crippen molar-refractivity contribution >= 4 is 21.7 Å². The number of aryl methyl sites for hydroxylation is 1. The lowest BCUT2D eigenvalue weighted by Crippen LogP contribution is -2.15. The number of carboxylic acid groups (broad SMARTS) is 1. The van der Waals surface area contributed by atoms with Crippen LogP contribution in [0.1, 0.15) is 15.9 Å². The van der Waals surface area contributed by atoms with Crippen LogP contribution in [0, 0.1) is 0 Å². The molecule has 0 bridgehead atoms. The van der Waals surface area contributed by atoms with Gasteiger partial charge in [-0.2, -0.15) is 18.3 Å². The van der Waals surface area contributed by atoms with E-state index in [0.717, 1.165) is 18.5 Å². The quantitative estimate of drug-likeness (QED) is 0.878. The Bertz CT molecular complexity index is 859. The number of carboxylic acids is 1. The van der Waals surface area contributed by atoms with Gasteiger partial charge in [0.25, 0.3) is 10.0 Å². The average molecular weight is 349 g/mol. The number of aromatic carboxylic acids is 1. The highest BCUT2D eigenvalue weighted by atomic mass is 32.2. The number of rotatable bonds is 4. The van der Waals surface area contributed by atoms with Crippen LogP contribution >= 0.6 is 0 Å². The third-order valence-electron chi connectivity index (χ3n) is 2.75. The van der Waals surface area contributed by atoms with Gasteiger partial charge < -0.3 is 5.11 Å². The van der Waals surface area contributed by atoms with Crippen LogP contribution in [0.4, 0.5) is 18.9 Å². The molecule has 1 heterocycles. The van der Waals surface area contributed by atoms with Crippen molar-refractivity contribution in [2.75, 3.05) is 4.72 Å². The Kier molecular flexibility index (Phi) is 4.07. The number of sulfonamides is 1. The Balaban J connectivity index is 2.47. The number of anilines is 1. The summed E-state index contributed by atoms with van der Waals surface area (Å²) in [7, 11) is -2.73. The first-order chi connectivity index (χ1) is 10.5. The molecule has 0 atom stereocenters. The molecule has 11 heteroatoms. The predicted molar refractivity (Wildman–Crippen MR) is 72.4 cm³/mol. The van der Waals surface area contributed by atoms with E-state index in [-0.39, 0.29) is 4.90 Å². The summed E-state index contributed by atoms with van der Waals surface area (Å²) in [5, 5.41) is 12.5. The molecule has 0 spiro atoms. The second-order valence-electron chi connectivity index (χ2n) is 4.56. The predicted octanol–water partition coefficient (Wildman–Crippen LogP) is 1.94. The molecular weight excluding hydrogens is 339 g/mol. The zero-order valence-electron chi connectivity index (χ0n) is 11.5. The lowest BCUT2D eigenvalue weighted by molar-refractivity contribution is -0.137. The molecule has 0 unspecified atom stereocenters. The van der Waals surface area contributed by atoms with E-state index in [0.29, 0.717) is 12.1 Å². The standard InChI is InChI=1S/C12H10F3N3O4S/c1-18-6-10(5-16-18)23(21,22)17-9-3-7(11(19)20)2-8(4-9)12(13,14)15/h2-6,17H,1H3,(H,19,20). The molecule has 0 amide bonds. The Hall–Kier alpha value is -2.56. The number of benzene rings is 1. The molecule has 0 aliphatic rings. The topological polar surface area (TPSA) is 101 Å². The fraction of sp³-hybridized carbons (Fsp3) is 0.167. The monoisotopic (exact) mass is 349 g/mol. The van der Waals surface area contributed by atoms with Crippen molar-refractivity contribution in [1.29, 1.82) is 0 Å². The van der Waals surface area contributed by atoms with E-state index in [4.69, 9.17) is 5.11 Å². The maximum absolute atomic E-state index is 12.8. The maximum Gasteiger partial charge on any atom is 0.416 e. The molecule has 7 nitrogen and oxygen atoms in total. The number of aromatic nitrogens is 2. The van der Waals surface area contributed by atoms with Crippen molar-refractivity contribution in [2.45, 2.75) is 11.1 Å². The van der Waals surface area contributed by atoms with Crippen LogP contribution in [0.5, 0.6) is 0 Å². The van der Waals surface area contributed by atoms with Gasteiger partial charge in [0.2, 0.25) is 0 Å². The minimum Gasteiger partial charge on any atom is -0.478 e. The summed E-state index contributed by atoms with van der Waals surface area (Å²) < 4.78 is 65.6. The highest BCUT2D eigenvalue weighted by Gasteiger charge is 2.32. The molecule has 2 aromatic rings. The molecule has 0 aliphatic heterocycles. The minimum atomic E-state index is -4.82. The van der Waals surface area contributed by atoms with Crippen LogP contribution < -0.4 is 4.72 Å². The number of hydrogen-bond acceptors (Lipinski definition) is 4. The average Bonchev–Trinajstić information content (AvgIpc) is 2.84. The van der Waals surface area contributed by atoms with Crippen LogP contribution in [-0.4, -0.2) is 29.3 Å². The van der Waals surface area contributed by atoms with Crippen molar-refractivity contribution in [1.82, 2.24) is 9.78 Å². The number of hydrogen-bond donors (Lipinski definition) is 2. The highest BCUT2D eigenvalue weighted by molar-refractivity contribution is 7.92. The first kappa shape index (κ1) is 16.8. The van der Waals surface area contributed by atoms with Crippen LogP contribution in [-0.2, 0) is 23.2 Å². The van der Waals surface area contributed by atoms with E-state index in [9.17, 15) is 26.4 Å².